The molecule has 0 radical (unpaired) electrons. The van der Waals surface area contributed by atoms with E-state index in [2.05, 4.69) is 36.3 Å². The molecule has 4 heteroatoms. The maximum Gasteiger partial charge on any atom is 0.237 e. The summed E-state index contributed by atoms with van der Waals surface area (Å²) in [5.74, 6) is 0.198. The number of hydrogen-bond donors (Lipinski definition) is 2. The van der Waals surface area contributed by atoms with Crippen LogP contribution in [0, 0.1) is 0 Å². The van der Waals surface area contributed by atoms with Crippen molar-refractivity contribution in [3.63, 3.8) is 0 Å². The SMILES string of the molecule is CCC(C)NC(=O)C(C)N1CCCCC1C1CCCN1. The van der Waals surface area contributed by atoms with Crippen molar-refractivity contribution < 1.29 is 4.79 Å². The predicted octanol–water partition coefficient (Wildman–Crippen LogP) is 1.90. The predicted molar refractivity (Wildman–Crippen MR) is 82.7 cm³/mol. The molecule has 20 heavy (non-hydrogen) atoms. The van der Waals surface area contributed by atoms with Crippen molar-refractivity contribution in [2.24, 2.45) is 0 Å². The summed E-state index contributed by atoms with van der Waals surface area (Å²) in [6.45, 7) is 8.48. The molecular weight excluding hydrogens is 250 g/mol. The second-order valence-electron chi connectivity index (χ2n) is 6.50. The van der Waals surface area contributed by atoms with Gasteiger partial charge in [-0.3, -0.25) is 9.69 Å². The molecule has 0 spiro atoms. The number of piperidine rings is 1. The average molecular weight is 281 g/mol. The van der Waals surface area contributed by atoms with E-state index >= 15 is 0 Å². The summed E-state index contributed by atoms with van der Waals surface area (Å²) in [5.41, 5.74) is 0. The second-order valence-corrected chi connectivity index (χ2v) is 6.50. The molecule has 2 N–H and O–H groups in total. The van der Waals surface area contributed by atoms with Crippen LogP contribution in [-0.2, 0) is 4.79 Å². The Balaban J connectivity index is 1.97. The zero-order valence-corrected chi connectivity index (χ0v) is 13.3. The molecule has 0 saturated carbocycles. The van der Waals surface area contributed by atoms with E-state index in [0.29, 0.717) is 12.1 Å². The van der Waals surface area contributed by atoms with Gasteiger partial charge in [0.2, 0.25) is 5.91 Å². The highest BCUT2D eigenvalue weighted by Gasteiger charge is 2.36. The minimum absolute atomic E-state index is 0.00306. The fraction of sp³-hybridized carbons (Fsp3) is 0.938. The van der Waals surface area contributed by atoms with Crippen LogP contribution in [0.5, 0.6) is 0 Å². The maximum atomic E-state index is 12.4. The highest BCUT2D eigenvalue weighted by atomic mass is 16.2. The number of rotatable bonds is 5. The second kappa shape index (κ2) is 7.41. The van der Waals surface area contributed by atoms with Crippen molar-refractivity contribution in [3.8, 4) is 0 Å². The number of amides is 1. The zero-order valence-electron chi connectivity index (χ0n) is 13.3. The summed E-state index contributed by atoms with van der Waals surface area (Å²) in [6.07, 6.45) is 7.30. The van der Waals surface area contributed by atoms with Crippen LogP contribution in [0.3, 0.4) is 0 Å². The van der Waals surface area contributed by atoms with E-state index in [1.807, 2.05) is 0 Å². The Bertz CT molecular complexity index is 315. The quantitative estimate of drug-likeness (QED) is 0.809. The number of nitrogens with zero attached hydrogens (tertiary/aromatic N) is 1. The van der Waals surface area contributed by atoms with Gasteiger partial charge in [0.25, 0.3) is 0 Å². The molecule has 0 aromatic rings. The molecule has 2 aliphatic heterocycles. The molecule has 2 heterocycles. The van der Waals surface area contributed by atoms with Crippen LogP contribution >= 0.6 is 0 Å². The van der Waals surface area contributed by atoms with Crippen molar-refractivity contribution in [3.05, 3.63) is 0 Å². The Morgan fingerprint density at radius 3 is 2.75 bits per heavy atom. The molecule has 4 atom stereocenters. The highest BCUT2D eigenvalue weighted by molar-refractivity contribution is 5.81. The van der Waals surface area contributed by atoms with E-state index < -0.39 is 0 Å². The molecule has 2 saturated heterocycles. The first kappa shape index (κ1) is 15.8. The molecule has 0 aromatic heterocycles. The number of hydrogen-bond acceptors (Lipinski definition) is 3. The summed E-state index contributed by atoms with van der Waals surface area (Å²) in [4.78, 5) is 14.8. The Kier molecular flexibility index (Phi) is 5.85. The van der Waals surface area contributed by atoms with Gasteiger partial charge in [-0.15, -0.1) is 0 Å². The first-order valence-electron chi connectivity index (χ1n) is 8.43. The van der Waals surface area contributed by atoms with Gasteiger partial charge in [0.05, 0.1) is 6.04 Å². The zero-order chi connectivity index (χ0) is 14.5. The summed E-state index contributed by atoms with van der Waals surface area (Å²) in [6, 6.07) is 1.41. The smallest absolute Gasteiger partial charge is 0.237 e. The van der Waals surface area contributed by atoms with Crippen LogP contribution in [0.15, 0.2) is 0 Å². The monoisotopic (exact) mass is 281 g/mol. The van der Waals surface area contributed by atoms with Crippen LogP contribution in [0.4, 0.5) is 0 Å². The lowest BCUT2D eigenvalue weighted by Gasteiger charge is -2.42. The average Bonchev–Trinajstić information content (AvgIpc) is 3.00. The number of nitrogens with one attached hydrogen (secondary N) is 2. The number of likely N-dealkylation sites (tertiary alicyclic amines) is 1. The molecule has 4 unspecified atom stereocenters. The summed E-state index contributed by atoms with van der Waals surface area (Å²) in [7, 11) is 0. The number of carbonyl (C=O) groups excluding carboxylic acids is 1. The summed E-state index contributed by atoms with van der Waals surface area (Å²) >= 11 is 0. The van der Waals surface area contributed by atoms with Crippen molar-refractivity contribution >= 4 is 5.91 Å². The van der Waals surface area contributed by atoms with Gasteiger partial charge < -0.3 is 10.6 Å². The van der Waals surface area contributed by atoms with Gasteiger partial charge in [0.1, 0.15) is 0 Å². The summed E-state index contributed by atoms with van der Waals surface area (Å²) < 4.78 is 0. The Labute approximate surface area is 123 Å². The third kappa shape index (κ3) is 3.73. The van der Waals surface area contributed by atoms with Gasteiger partial charge in [-0.25, -0.2) is 0 Å². The lowest BCUT2D eigenvalue weighted by atomic mass is 9.93. The largest absolute Gasteiger partial charge is 0.352 e. The minimum Gasteiger partial charge on any atom is -0.352 e. The van der Waals surface area contributed by atoms with Crippen LogP contribution in [0.2, 0.25) is 0 Å². The van der Waals surface area contributed by atoms with Crippen molar-refractivity contribution in [1.82, 2.24) is 15.5 Å². The highest BCUT2D eigenvalue weighted by Crippen LogP contribution is 2.26. The summed E-state index contributed by atoms with van der Waals surface area (Å²) in [5, 5.41) is 6.77. The van der Waals surface area contributed by atoms with Crippen LogP contribution in [0.1, 0.15) is 59.3 Å². The van der Waals surface area contributed by atoms with Crippen LogP contribution in [-0.4, -0.2) is 48.1 Å². The van der Waals surface area contributed by atoms with Gasteiger partial charge in [0.15, 0.2) is 0 Å². The molecule has 4 nitrogen and oxygen atoms in total. The van der Waals surface area contributed by atoms with Gasteiger partial charge in [-0.2, -0.15) is 0 Å². The van der Waals surface area contributed by atoms with E-state index in [0.717, 1.165) is 19.5 Å². The minimum atomic E-state index is -0.00306. The maximum absolute atomic E-state index is 12.4. The third-order valence-corrected chi connectivity index (χ3v) is 5.03. The van der Waals surface area contributed by atoms with Gasteiger partial charge in [-0.05, 0) is 59.0 Å². The van der Waals surface area contributed by atoms with Crippen molar-refractivity contribution in [2.75, 3.05) is 13.1 Å². The van der Waals surface area contributed by atoms with Gasteiger partial charge in [-0.1, -0.05) is 13.3 Å². The molecular formula is C16H31N3O. The van der Waals surface area contributed by atoms with E-state index in [9.17, 15) is 4.79 Å². The topological polar surface area (TPSA) is 44.4 Å². The van der Waals surface area contributed by atoms with E-state index in [4.69, 9.17) is 0 Å². The van der Waals surface area contributed by atoms with Crippen LogP contribution in [0.25, 0.3) is 0 Å². The normalized spacial score (nSPS) is 30.9. The van der Waals surface area contributed by atoms with Crippen molar-refractivity contribution in [2.45, 2.75) is 83.5 Å². The first-order valence-corrected chi connectivity index (χ1v) is 8.43. The fourth-order valence-electron chi connectivity index (χ4n) is 3.55. The Morgan fingerprint density at radius 1 is 1.30 bits per heavy atom. The lowest BCUT2D eigenvalue weighted by Crippen LogP contribution is -2.57. The molecule has 1 amide bonds. The standard InChI is InChI=1S/C16H31N3O/c1-4-12(2)18-16(20)13(3)19-11-6-5-9-15(19)14-8-7-10-17-14/h12-15,17H,4-11H2,1-3H3,(H,18,20). The Morgan fingerprint density at radius 2 is 2.10 bits per heavy atom. The molecule has 2 rings (SSSR count). The molecule has 2 fully saturated rings. The lowest BCUT2D eigenvalue weighted by molar-refractivity contribution is -0.128. The molecule has 0 aromatic carbocycles. The van der Waals surface area contributed by atoms with E-state index in [1.165, 1.54) is 32.1 Å². The Hall–Kier alpha value is -0.610. The molecule has 116 valence electrons. The number of carbonyl (C=O) groups is 1. The van der Waals surface area contributed by atoms with E-state index in [-0.39, 0.29) is 18.0 Å². The molecule has 0 aliphatic carbocycles. The van der Waals surface area contributed by atoms with Crippen molar-refractivity contribution in [1.29, 1.82) is 0 Å². The van der Waals surface area contributed by atoms with Crippen LogP contribution < -0.4 is 10.6 Å². The van der Waals surface area contributed by atoms with E-state index in [1.54, 1.807) is 0 Å². The van der Waals surface area contributed by atoms with Gasteiger partial charge >= 0.3 is 0 Å². The molecule has 0 bridgehead atoms. The first-order chi connectivity index (χ1) is 9.63. The van der Waals surface area contributed by atoms with Gasteiger partial charge in [0, 0.05) is 18.1 Å². The third-order valence-electron chi connectivity index (χ3n) is 5.03. The fourth-order valence-corrected chi connectivity index (χ4v) is 3.55. The molecule has 2 aliphatic rings.